The van der Waals surface area contributed by atoms with E-state index in [4.69, 9.17) is 0 Å². The highest BCUT2D eigenvalue weighted by molar-refractivity contribution is 7.10. The van der Waals surface area contributed by atoms with Crippen LogP contribution in [-0.2, 0) is 17.8 Å². The van der Waals surface area contributed by atoms with Gasteiger partial charge in [-0.05, 0) is 65.2 Å². The summed E-state index contributed by atoms with van der Waals surface area (Å²) < 4.78 is 0. The first-order valence-electron chi connectivity index (χ1n) is 7.90. The Morgan fingerprint density at radius 1 is 1.27 bits per heavy atom. The molecule has 2 aliphatic heterocycles. The molecular weight excluding hydrogens is 312 g/mol. The molecule has 116 valence electrons. The zero-order chi connectivity index (χ0) is 14.9. The minimum atomic E-state index is 0.291. The van der Waals surface area contributed by atoms with Crippen LogP contribution in [0.1, 0.15) is 34.9 Å². The highest BCUT2D eigenvalue weighted by Crippen LogP contribution is 2.33. The first kappa shape index (κ1) is 14.4. The summed E-state index contributed by atoms with van der Waals surface area (Å²) in [5.41, 5.74) is 2.73. The molecule has 2 aliphatic rings. The van der Waals surface area contributed by atoms with Gasteiger partial charge in [-0.1, -0.05) is 0 Å². The average molecular weight is 332 g/mol. The largest absolute Gasteiger partial charge is 0.337 e. The van der Waals surface area contributed by atoms with Crippen LogP contribution in [0.2, 0.25) is 0 Å². The predicted octanol–water partition coefficient (Wildman–Crippen LogP) is 3.53. The van der Waals surface area contributed by atoms with Crippen LogP contribution in [0.5, 0.6) is 0 Å². The van der Waals surface area contributed by atoms with Crippen LogP contribution >= 0.6 is 22.7 Å². The lowest BCUT2D eigenvalue weighted by atomic mass is 10.1. The van der Waals surface area contributed by atoms with Crippen molar-refractivity contribution in [1.82, 2.24) is 9.80 Å². The van der Waals surface area contributed by atoms with E-state index in [1.807, 2.05) is 16.2 Å². The van der Waals surface area contributed by atoms with Gasteiger partial charge in [0.2, 0.25) is 5.91 Å². The molecule has 0 N–H and O–H groups in total. The van der Waals surface area contributed by atoms with Gasteiger partial charge >= 0.3 is 0 Å². The number of amides is 1. The number of carbonyl (C=O) groups is 1. The molecule has 0 radical (unpaired) electrons. The Bertz CT molecular complexity index is 649. The minimum Gasteiger partial charge on any atom is -0.337 e. The van der Waals surface area contributed by atoms with E-state index in [1.54, 1.807) is 11.3 Å². The molecule has 3 nitrogen and oxygen atoms in total. The quantitative estimate of drug-likeness (QED) is 0.858. The zero-order valence-corrected chi connectivity index (χ0v) is 14.2. The highest BCUT2D eigenvalue weighted by Gasteiger charge is 2.30. The third kappa shape index (κ3) is 2.73. The SMILES string of the molecule is O=C(CN1CCC[C@H]1c1ccsc1)N1CCc2sccc2C1. The topological polar surface area (TPSA) is 23.6 Å². The van der Waals surface area contributed by atoms with Crippen molar-refractivity contribution >= 4 is 28.6 Å². The average Bonchev–Trinajstić information content (AvgIpc) is 3.27. The summed E-state index contributed by atoms with van der Waals surface area (Å²) in [6.45, 7) is 3.29. The summed E-state index contributed by atoms with van der Waals surface area (Å²) in [5, 5.41) is 6.51. The first-order valence-corrected chi connectivity index (χ1v) is 9.72. The molecule has 1 saturated heterocycles. The number of thiophene rings is 2. The Kier molecular flexibility index (Phi) is 4.03. The molecule has 1 fully saturated rings. The van der Waals surface area contributed by atoms with Crippen molar-refractivity contribution in [2.75, 3.05) is 19.6 Å². The van der Waals surface area contributed by atoms with Gasteiger partial charge in [0.15, 0.2) is 0 Å². The van der Waals surface area contributed by atoms with Gasteiger partial charge in [-0.3, -0.25) is 9.69 Å². The highest BCUT2D eigenvalue weighted by atomic mass is 32.1. The van der Waals surface area contributed by atoms with Crippen molar-refractivity contribution in [2.24, 2.45) is 0 Å². The van der Waals surface area contributed by atoms with E-state index in [0.29, 0.717) is 18.5 Å². The Balaban J connectivity index is 1.42. The molecule has 0 unspecified atom stereocenters. The molecule has 2 aromatic rings. The normalized spacial score (nSPS) is 22.0. The maximum atomic E-state index is 12.7. The second-order valence-electron chi connectivity index (χ2n) is 6.12. The molecule has 0 aromatic carbocycles. The molecule has 1 atom stereocenters. The third-order valence-electron chi connectivity index (χ3n) is 4.79. The number of hydrogen-bond donors (Lipinski definition) is 0. The molecule has 0 spiro atoms. The van der Waals surface area contributed by atoms with Crippen molar-refractivity contribution in [1.29, 1.82) is 0 Å². The molecule has 0 saturated carbocycles. The lowest BCUT2D eigenvalue weighted by molar-refractivity contribution is -0.133. The van der Waals surface area contributed by atoms with E-state index in [2.05, 4.69) is 33.2 Å². The maximum Gasteiger partial charge on any atom is 0.237 e. The second kappa shape index (κ2) is 6.14. The van der Waals surface area contributed by atoms with Crippen LogP contribution in [0.25, 0.3) is 0 Å². The molecule has 0 bridgehead atoms. The number of rotatable bonds is 3. The predicted molar refractivity (Wildman–Crippen MR) is 91.3 cm³/mol. The van der Waals surface area contributed by atoms with E-state index < -0.39 is 0 Å². The van der Waals surface area contributed by atoms with Crippen molar-refractivity contribution < 1.29 is 4.79 Å². The van der Waals surface area contributed by atoms with Gasteiger partial charge in [0.05, 0.1) is 6.54 Å². The van der Waals surface area contributed by atoms with Crippen LogP contribution in [-0.4, -0.2) is 35.3 Å². The molecule has 4 heterocycles. The van der Waals surface area contributed by atoms with Gasteiger partial charge in [0, 0.05) is 24.0 Å². The lowest BCUT2D eigenvalue weighted by Crippen LogP contribution is -2.42. The van der Waals surface area contributed by atoms with Crippen LogP contribution < -0.4 is 0 Å². The van der Waals surface area contributed by atoms with Gasteiger partial charge < -0.3 is 4.90 Å². The molecule has 22 heavy (non-hydrogen) atoms. The number of carbonyl (C=O) groups excluding carboxylic acids is 1. The summed E-state index contributed by atoms with van der Waals surface area (Å²) in [4.78, 5) is 18.6. The van der Waals surface area contributed by atoms with Crippen LogP contribution in [0.4, 0.5) is 0 Å². The van der Waals surface area contributed by atoms with E-state index in [-0.39, 0.29) is 0 Å². The lowest BCUT2D eigenvalue weighted by Gasteiger charge is -2.30. The standard InChI is InChI=1S/C17H20N2OS2/c20-17(19-7-3-16-13(10-19)5-9-22-16)11-18-6-1-2-15(18)14-4-8-21-12-14/h4-5,8-9,12,15H,1-3,6-7,10-11H2/t15-/m0/s1. The molecule has 5 heteroatoms. The Hall–Kier alpha value is -1.17. The van der Waals surface area contributed by atoms with Gasteiger partial charge in [0.1, 0.15) is 0 Å². The Labute approximate surface area is 139 Å². The van der Waals surface area contributed by atoms with Crippen LogP contribution in [0.15, 0.2) is 28.3 Å². The van der Waals surface area contributed by atoms with Gasteiger partial charge in [-0.2, -0.15) is 11.3 Å². The van der Waals surface area contributed by atoms with Crippen molar-refractivity contribution in [3.63, 3.8) is 0 Å². The molecule has 0 aliphatic carbocycles. The zero-order valence-electron chi connectivity index (χ0n) is 12.5. The summed E-state index contributed by atoms with van der Waals surface area (Å²) in [6.07, 6.45) is 3.40. The fourth-order valence-corrected chi connectivity index (χ4v) is 5.19. The third-order valence-corrected chi connectivity index (χ3v) is 6.51. The Morgan fingerprint density at radius 2 is 2.23 bits per heavy atom. The van der Waals surface area contributed by atoms with Crippen molar-refractivity contribution in [2.45, 2.75) is 31.8 Å². The number of nitrogens with zero attached hydrogens (tertiary/aromatic N) is 2. The van der Waals surface area contributed by atoms with E-state index >= 15 is 0 Å². The fraction of sp³-hybridized carbons (Fsp3) is 0.471. The summed E-state index contributed by atoms with van der Waals surface area (Å²) in [5.74, 6) is 0.291. The van der Waals surface area contributed by atoms with Crippen molar-refractivity contribution in [3.05, 3.63) is 44.3 Å². The smallest absolute Gasteiger partial charge is 0.237 e. The van der Waals surface area contributed by atoms with Crippen LogP contribution in [0, 0.1) is 0 Å². The summed E-state index contributed by atoms with van der Waals surface area (Å²) in [6, 6.07) is 4.82. The van der Waals surface area contributed by atoms with E-state index in [9.17, 15) is 4.79 Å². The Morgan fingerprint density at radius 3 is 3.09 bits per heavy atom. The van der Waals surface area contributed by atoms with Gasteiger partial charge in [0.25, 0.3) is 0 Å². The molecule has 2 aromatic heterocycles. The number of fused-ring (bicyclic) bond motifs is 1. The molecule has 4 rings (SSSR count). The number of likely N-dealkylation sites (tertiary alicyclic amines) is 1. The van der Waals surface area contributed by atoms with E-state index in [0.717, 1.165) is 26.1 Å². The monoisotopic (exact) mass is 332 g/mol. The fourth-order valence-electron chi connectivity index (χ4n) is 3.59. The van der Waals surface area contributed by atoms with Crippen molar-refractivity contribution in [3.8, 4) is 0 Å². The summed E-state index contributed by atoms with van der Waals surface area (Å²) >= 11 is 3.57. The van der Waals surface area contributed by atoms with Crippen LogP contribution in [0.3, 0.4) is 0 Å². The maximum absolute atomic E-state index is 12.7. The molecule has 1 amide bonds. The molecular formula is C17H20N2OS2. The first-order chi connectivity index (χ1) is 10.8. The van der Waals surface area contributed by atoms with E-state index in [1.165, 1.54) is 28.8 Å². The second-order valence-corrected chi connectivity index (χ2v) is 7.90. The number of hydrogen-bond acceptors (Lipinski definition) is 4. The van der Waals surface area contributed by atoms with Gasteiger partial charge in [-0.25, -0.2) is 0 Å². The minimum absolute atomic E-state index is 0.291. The van der Waals surface area contributed by atoms with Gasteiger partial charge in [-0.15, -0.1) is 11.3 Å². The summed E-state index contributed by atoms with van der Waals surface area (Å²) in [7, 11) is 0.